The van der Waals surface area contributed by atoms with Crippen molar-refractivity contribution >= 4 is 22.6 Å². The molecule has 3 aromatic carbocycles. The van der Waals surface area contributed by atoms with Crippen LogP contribution in [-0.4, -0.2) is 18.4 Å². The first-order valence-electron chi connectivity index (χ1n) is 8.99. The Morgan fingerprint density at radius 2 is 1.48 bits per heavy atom. The summed E-state index contributed by atoms with van der Waals surface area (Å²) in [5.41, 5.74) is 0.660. The molecule has 0 heterocycles. The average Bonchev–Trinajstić information content (AvgIpc) is 2.71. The van der Waals surface area contributed by atoms with Crippen LogP contribution in [0.25, 0.3) is 10.8 Å². The van der Waals surface area contributed by atoms with Crippen molar-refractivity contribution in [2.45, 2.75) is 19.1 Å². The van der Waals surface area contributed by atoms with E-state index in [1.54, 1.807) is 0 Å². The van der Waals surface area contributed by atoms with Crippen LogP contribution in [0.2, 0.25) is 0 Å². The van der Waals surface area contributed by atoms with E-state index in [9.17, 15) is 22.8 Å². The van der Waals surface area contributed by atoms with E-state index in [-0.39, 0.29) is 25.4 Å². The van der Waals surface area contributed by atoms with Crippen LogP contribution in [0.15, 0.2) is 66.7 Å². The van der Waals surface area contributed by atoms with Gasteiger partial charge >= 0.3 is 6.18 Å². The van der Waals surface area contributed by atoms with Gasteiger partial charge in [0.2, 0.25) is 11.8 Å². The topological polar surface area (TPSA) is 58.2 Å². The predicted octanol–water partition coefficient (Wildman–Crippen LogP) is 3.83. The summed E-state index contributed by atoms with van der Waals surface area (Å²) in [5.74, 6) is -0.706. The van der Waals surface area contributed by atoms with Gasteiger partial charge in [-0.3, -0.25) is 9.59 Å². The third-order valence-electron chi connectivity index (χ3n) is 4.45. The molecule has 0 spiro atoms. The third kappa shape index (κ3) is 5.57. The average molecular weight is 400 g/mol. The molecule has 2 amide bonds. The fourth-order valence-corrected chi connectivity index (χ4v) is 2.94. The van der Waals surface area contributed by atoms with Crippen molar-refractivity contribution in [1.82, 2.24) is 10.6 Å². The number of hydrogen-bond donors (Lipinski definition) is 2. The summed E-state index contributed by atoms with van der Waals surface area (Å²) in [5, 5.41) is 7.15. The Hall–Kier alpha value is -3.35. The van der Waals surface area contributed by atoms with Gasteiger partial charge in [0, 0.05) is 6.54 Å². The molecule has 0 bridgehead atoms. The van der Waals surface area contributed by atoms with Crippen molar-refractivity contribution in [1.29, 1.82) is 0 Å². The van der Waals surface area contributed by atoms with Gasteiger partial charge < -0.3 is 10.6 Å². The Kier molecular flexibility index (Phi) is 6.16. The summed E-state index contributed by atoms with van der Waals surface area (Å²) in [7, 11) is 0. The number of hydrogen-bond acceptors (Lipinski definition) is 2. The number of halogens is 3. The summed E-state index contributed by atoms with van der Waals surface area (Å²) in [6.45, 7) is -0.125. The minimum Gasteiger partial charge on any atom is -0.350 e. The predicted molar refractivity (Wildman–Crippen MR) is 104 cm³/mol. The van der Waals surface area contributed by atoms with Crippen molar-refractivity contribution in [3.63, 3.8) is 0 Å². The lowest BCUT2D eigenvalue weighted by atomic mass is 10.0. The fraction of sp³-hybridized carbons (Fsp3) is 0.182. The minimum absolute atomic E-state index is 0.0795. The summed E-state index contributed by atoms with van der Waals surface area (Å²) in [6.07, 6.45) is -4.25. The lowest BCUT2D eigenvalue weighted by Gasteiger charge is -2.10. The van der Waals surface area contributed by atoms with E-state index < -0.39 is 17.6 Å². The number of nitrogens with one attached hydrogen (secondary N) is 2. The van der Waals surface area contributed by atoms with Gasteiger partial charge in [-0.15, -0.1) is 0 Å². The van der Waals surface area contributed by atoms with Gasteiger partial charge in [-0.25, -0.2) is 0 Å². The van der Waals surface area contributed by atoms with Gasteiger partial charge in [0.1, 0.15) is 0 Å². The Labute approximate surface area is 165 Å². The van der Waals surface area contributed by atoms with Crippen LogP contribution >= 0.6 is 0 Å². The SMILES string of the molecule is O=C(CNC(=O)Cc1cccc2ccccc12)NCc1ccc(C(F)(F)F)cc1. The first-order chi connectivity index (χ1) is 13.8. The van der Waals surface area contributed by atoms with Crippen molar-refractivity contribution in [2.75, 3.05) is 6.54 Å². The maximum atomic E-state index is 12.5. The largest absolute Gasteiger partial charge is 0.416 e. The quantitative estimate of drug-likeness (QED) is 0.661. The van der Waals surface area contributed by atoms with Crippen molar-refractivity contribution in [2.24, 2.45) is 0 Å². The monoisotopic (exact) mass is 400 g/mol. The molecule has 0 unspecified atom stereocenters. The zero-order valence-electron chi connectivity index (χ0n) is 15.4. The van der Waals surface area contributed by atoms with Gasteiger partial charge in [-0.2, -0.15) is 13.2 Å². The number of carbonyl (C=O) groups is 2. The van der Waals surface area contributed by atoms with Crippen molar-refractivity contribution < 1.29 is 22.8 Å². The van der Waals surface area contributed by atoms with Gasteiger partial charge in [-0.1, -0.05) is 54.6 Å². The molecule has 3 aromatic rings. The summed E-state index contributed by atoms with van der Waals surface area (Å²) in [6, 6.07) is 18.0. The van der Waals surface area contributed by atoms with Crippen LogP contribution < -0.4 is 10.6 Å². The molecule has 2 N–H and O–H groups in total. The molecule has 0 aliphatic rings. The van der Waals surface area contributed by atoms with Crippen LogP contribution in [0.5, 0.6) is 0 Å². The second-order valence-electron chi connectivity index (χ2n) is 6.56. The van der Waals surface area contributed by atoms with Crippen molar-refractivity contribution in [3.05, 3.63) is 83.4 Å². The van der Waals surface area contributed by atoms with E-state index >= 15 is 0 Å². The number of carbonyl (C=O) groups excluding carboxylic acids is 2. The zero-order chi connectivity index (χ0) is 20.9. The maximum absolute atomic E-state index is 12.5. The van der Waals surface area contributed by atoms with Crippen molar-refractivity contribution in [3.8, 4) is 0 Å². The smallest absolute Gasteiger partial charge is 0.350 e. The maximum Gasteiger partial charge on any atom is 0.416 e. The summed E-state index contributed by atoms with van der Waals surface area (Å²) < 4.78 is 37.6. The molecule has 3 rings (SSSR count). The number of alkyl halides is 3. The standard InChI is InChI=1S/C22H19F3N2O2/c23-22(24,25)18-10-8-15(9-11-18)13-26-21(29)14-27-20(28)12-17-6-3-5-16-4-1-2-7-19(16)17/h1-11H,12-14H2,(H,26,29)(H,27,28). The molecule has 0 aliphatic heterocycles. The van der Waals surface area contributed by atoms with E-state index in [2.05, 4.69) is 10.6 Å². The van der Waals surface area contributed by atoms with Crippen LogP contribution in [0, 0.1) is 0 Å². The van der Waals surface area contributed by atoms with Crippen LogP contribution in [0.1, 0.15) is 16.7 Å². The highest BCUT2D eigenvalue weighted by Crippen LogP contribution is 2.29. The van der Waals surface area contributed by atoms with E-state index in [4.69, 9.17) is 0 Å². The molecule has 0 saturated carbocycles. The van der Waals surface area contributed by atoms with E-state index in [1.165, 1.54) is 12.1 Å². The lowest BCUT2D eigenvalue weighted by molar-refractivity contribution is -0.137. The second-order valence-corrected chi connectivity index (χ2v) is 6.56. The van der Waals surface area contributed by atoms with Gasteiger partial charge in [0.05, 0.1) is 18.5 Å². The molecular weight excluding hydrogens is 381 g/mol. The Bertz CT molecular complexity index is 1010. The Morgan fingerprint density at radius 3 is 2.21 bits per heavy atom. The second kappa shape index (κ2) is 8.77. The molecule has 29 heavy (non-hydrogen) atoms. The highest BCUT2D eigenvalue weighted by Gasteiger charge is 2.29. The number of rotatable bonds is 6. The third-order valence-corrected chi connectivity index (χ3v) is 4.45. The number of benzene rings is 3. The van der Waals surface area contributed by atoms with E-state index in [1.807, 2.05) is 42.5 Å². The van der Waals surface area contributed by atoms with Gasteiger partial charge in [-0.05, 0) is 34.0 Å². The number of fused-ring (bicyclic) bond motifs is 1. The molecule has 4 nitrogen and oxygen atoms in total. The first kappa shape index (κ1) is 20.4. The summed E-state index contributed by atoms with van der Waals surface area (Å²) in [4.78, 5) is 24.1. The highest BCUT2D eigenvalue weighted by atomic mass is 19.4. The molecule has 0 saturated heterocycles. The minimum atomic E-state index is -4.39. The molecule has 150 valence electrons. The van der Waals surface area contributed by atoms with E-state index in [0.29, 0.717) is 5.56 Å². The molecule has 0 atom stereocenters. The first-order valence-corrected chi connectivity index (χ1v) is 8.99. The summed E-state index contributed by atoms with van der Waals surface area (Å²) >= 11 is 0. The van der Waals surface area contributed by atoms with Gasteiger partial charge in [0.15, 0.2) is 0 Å². The Balaban J connectivity index is 1.47. The molecule has 7 heteroatoms. The van der Waals surface area contributed by atoms with Gasteiger partial charge in [0.25, 0.3) is 0 Å². The fourth-order valence-electron chi connectivity index (χ4n) is 2.94. The molecule has 0 aromatic heterocycles. The van der Waals surface area contributed by atoms with Crippen LogP contribution in [0.3, 0.4) is 0 Å². The Morgan fingerprint density at radius 1 is 0.793 bits per heavy atom. The van der Waals surface area contributed by atoms with E-state index in [0.717, 1.165) is 28.5 Å². The molecule has 0 fully saturated rings. The number of amides is 2. The highest BCUT2D eigenvalue weighted by molar-refractivity contribution is 5.91. The molecular formula is C22H19F3N2O2. The van der Waals surface area contributed by atoms with Crippen LogP contribution in [-0.2, 0) is 28.7 Å². The lowest BCUT2D eigenvalue weighted by Crippen LogP contribution is -2.37. The molecule has 0 aliphatic carbocycles. The normalized spacial score (nSPS) is 11.3. The zero-order valence-corrected chi connectivity index (χ0v) is 15.4. The molecule has 0 radical (unpaired) electrons. The van der Waals surface area contributed by atoms with Crippen LogP contribution in [0.4, 0.5) is 13.2 Å².